The molecular weight excluding hydrogens is 828 g/mol. The van der Waals surface area contributed by atoms with Gasteiger partial charge in [-0.25, -0.2) is 4.57 Å². The molecule has 0 spiro atoms. The van der Waals surface area contributed by atoms with Gasteiger partial charge in [-0.05, 0) is 32.1 Å². The topological polar surface area (TPSA) is 105 Å². The maximum atomic E-state index is 12.9. The summed E-state index contributed by atoms with van der Waals surface area (Å²) in [6.07, 6.45) is 58.8. The molecule has 0 rings (SSSR count). The molecule has 3 atom stereocenters. The molecule has 65 heavy (non-hydrogen) atoms. The number of amides is 1. The van der Waals surface area contributed by atoms with E-state index in [9.17, 15) is 19.4 Å². The zero-order chi connectivity index (χ0) is 47.8. The molecule has 0 saturated heterocycles. The van der Waals surface area contributed by atoms with Gasteiger partial charge in [0.1, 0.15) is 13.2 Å². The van der Waals surface area contributed by atoms with Crippen LogP contribution in [0.3, 0.4) is 0 Å². The summed E-state index contributed by atoms with van der Waals surface area (Å²) in [5.41, 5.74) is 0. The molecule has 3 N–H and O–H groups in total. The number of aliphatic hydroxyl groups excluding tert-OH is 1. The maximum Gasteiger partial charge on any atom is 0.472 e. The van der Waals surface area contributed by atoms with Gasteiger partial charge in [0.25, 0.3) is 0 Å². The van der Waals surface area contributed by atoms with Gasteiger partial charge in [-0.15, -0.1) is 0 Å². The van der Waals surface area contributed by atoms with Crippen molar-refractivity contribution in [3.05, 3.63) is 12.2 Å². The molecule has 0 aromatic carbocycles. The van der Waals surface area contributed by atoms with Crippen LogP contribution in [-0.2, 0) is 18.4 Å². The van der Waals surface area contributed by atoms with E-state index in [0.717, 1.165) is 57.8 Å². The highest BCUT2D eigenvalue weighted by Gasteiger charge is 2.28. The van der Waals surface area contributed by atoms with Gasteiger partial charge in [-0.1, -0.05) is 264 Å². The fraction of sp³-hybridized carbons (Fsp3) is 0.946. The van der Waals surface area contributed by atoms with Crippen LogP contribution in [0.5, 0.6) is 0 Å². The number of hydrogen-bond acceptors (Lipinski definition) is 5. The summed E-state index contributed by atoms with van der Waals surface area (Å²) < 4.78 is 23.7. The van der Waals surface area contributed by atoms with Crippen LogP contribution in [-0.4, -0.2) is 73.4 Å². The minimum atomic E-state index is -4.31. The number of phosphoric ester groups is 1. The minimum Gasteiger partial charge on any atom is -0.391 e. The summed E-state index contributed by atoms with van der Waals surface area (Å²) in [7, 11) is 1.62. The number of rotatable bonds is 53. The van der Waals surface area contributed by atoms with Crippen molar-refractivity contribution in [2.75, 3.05) is 40.9 Å². The van der Waals surface area contributed by atoms with Gasteiger partial charge in [-0.3, -0.25) is 13.8 Å². The monoisotopic (exact) mass is 942 g/mol. The smallest absolute Gasteiger partial charge is 0.391 e. The van der Waals surface area contributed by atoms with Crippen LogP contribution >= 0.6 is 7.82 Å². The van der Waals surface area contributed by atoms with Crippen molar-refractivity contribution in [1.82, 2.24) is 5.32 Å². The first kappa shape index (κ1) is 64.2. The van der Waals surface area contributed by atoms with Crippen molar-refractivity contribution in [3.63, 3.8) is 0 Å². The van der Waals surface area contributed by atoms with E-state index in [0.29, 0.717) is 23.9 Å². The van der Waals surface area contributed by atoms with E-state index >= 15 is 0 Å². The van der Waals surface area contributed by atoms with Crippen molar-refractivity contribution in [2.45, 2.75) is 302 Å². The van der Waals surface area contributed by atoms with Gasteiger partial charge in [0.2, 0.25) is 5.91 Å². The van der Waals surface area contributed by atoms with Crippen LogP contribution in [0.15, 0.2) is 12.2 Å². The summed E-state index contributed by atoms with van der Waals surface area (Å²) in [6, 6.07) is -0.761. The van der Waals surface area contributed by atoms with Crippen molar-refractivity contribution in [3.8, 4) is 0 Å². The Morgan fingerprint density at radius 3 is 1.25 bits per heavy atom. The minimum absolute atomic E-state index is 0.0750. The van der Waals surface area contributed by atoms with Gasteiger partial charge in [0.15, 0.2) is 0 Å². The number of phosphoric acid groups is 1. The molecule has 0 aliphatic carbocycles. The lowest BCUT2D eigenvalue weighted by Crippen LogP contribution is -2.46. The predicted molar refractivity (Wildman–Crippen MR) is 282 cm³/mol. The molecule has 3 unspecified atom stereocenters. The van der Waals surface area contributed by atoms with Crippen LogP contribution in [0.2, 0.25) is 0 Å². The van der Waals surface area contributed by atoms with E-state index < -0.39 is 20.0 Å². The fourth-order valence-corrected chi connectivity index (χ4v) is 9.49. The second-order valence-electron chi connectivity index (χ2n) is 21.0. The molecule has 0 saturated carbocycles. The fourth-order valence-electron chi connectivity index (χ4n) is 8.76. The Balaban J connectivity index is 3.90. The van der Waals surface area contributed by atoms with Gasteiger partial charge in [0.05, 0.1) is 39.9 Å². The maximum absolute atomic E-state index is 12.9. The normalized spacial score (nSPS) is 14.0. The number of carbonyl (C=O) groups excluding carboxylic acids is 1. The molecule has 0 heterocycles. The summed E-state index contributed by atoms with van der Waals surface area (Å²) in [4.78, 5) is 23.2. The zero-order valence-electron chi connectivity index (χ0n) is 44.3. The van der Waals surface area contributed by atoms with E-state index in [2.05, 4.69) is 31.3 Å². The number of quaternary nitrogens is 1. The van der Waals surface area contributed by atoms with Crippen LogP contribution in [0.25, 0.3) is 0 Å². The zero-order valence-corrected chi connectivity index (χ0v) is 45.2. The molecule has 0 fully saturated rings. The first-order chi connectivity index (χ1) is 31.5. The summed E-state index contributed by atoms with van der Waals surface area (Å²) in [5.74, 6) is -0.153. The largest absolute Gasteiger partial charge is 0.472 e. The third-order valence-electron chi connectivity index (χ3n) is 13.2. The lowest BCUT2D eigenvalue weighted by molar-refractivity contribution is -0.870. The highest BCUT2D eigenvalue weighted by atomic mass is 31.2. The number of unbranched alkanes of at least 4 members (excludes halogenated alkanes) is 38. The van der Waals surface area contributed by atoms with E-state index in [4.69, 9.17) is 9.05 Å². The Hall–Kier alpha value is -0.760. The Morgan fingerprint density at radius 1 is 0.508 bits per heavy atom. The number of nitrogens with one attached hydrogen (secondary N) is 1. The average molecular weight is 943 g/mol. The van der Waals surface area contributed by atoms with E-state index in [1.54, 1.807) is 0 Å². The lowest BCUT2D eigenvalue weighted by Gasteiger charge is -2.26. The second kappa shape index (κ2) is 48.3. The number of nitrogens with zero attached hydrogens (tertiary/aromatic N) is 1. The standard InChI is InChI=1S/C56H113N2O6P/c1-6-8-10-12-14-16-18-19-20-21-22-23-24-25-26-27-28-29-30-31-32-33-34-35-36-37-38-39-40-41-43-45-47-49-55(59)54(53-64-65(61,62)63-52-51-58(3,4)5)57-56(60)50-48-46-44-42-17-15-13-11-9-7-2/h11,13,54-55,59H,6-10,12,14-53H2,1-5H3,(H-,57,60,61,62)/p+1/b13-11-. The van der Waals surface area contributed by atoms with Crippen molar-refractivity contribution < 1.29 is 32.9 Å². The first-order valence-corrected chi connectivity index (χ1v) is 30.0. The predicted octanol–water partition coefficient (Wildman–Crippen LogP) is 17.0. The molecule has 0 bridgehead atoms. The molecule has 0 aliphatic rings. The van der Waals surface area contributed by atoms with Gasteiger partial charge >= 0.3 is 7.82 Å². The molecule has 8 nitrogen and oxygen atoms in total. The van der Waals surface area contributed by atoms with Gasteiger partial charge in [0, 0.05) is 6.42 Å². The number of carbonyl (C=O) groups is 1. The molecule has 1 amide bonds. The molecule has 0 radical (unpaired) electrons. The van der Waals surface area contributed by atoms with Crippen LogP contribution in [0.4, 0.5) is 0 Å². The first-order valence-electron chi connectivity index (χ1n) is 28.6. The van der Waals surface area contributed by atoms with Gasteiger partial charge < -0.3 is 19.8 Å². The van der Waals surface area contributed by atoms with E-state index in [1.807, 2.05) is 21.1 Å². The number of hydrogen-bond donors (Lipinski definition) is 3. The SMILES string of the molecule is CCC/C=C\CCCCCCCC(=O)NC(COP(=O)(O)OCC[N+](C)(C)C)C(O)CCCCCCCCCCCCCCCCCCCCCCCCCCCCCCCCCCC. The molecular formula is C56H114N2O6P+. The Bertz CT molecular complexity index is 1070. The third-order valence-corrected chi connectivity index (χ3v) is 14.2. The quantitative estimate of drug-likeness (QED) is 0.0243. The van der Waals surface area contributed by atoms with E-state index in [1.165, 1.54) is 205 Å². The second-order valence-corrected chi connectivity index (χ2v) is 22.5. The highest BCUT2D eigenvalue weighted by Crippen LogP contribution is 2.43. The number of likely N-dealkylation sites (N-methyl/N-ethyl adjacent to an activating group) is 1. The Morgan fingerprint density at radius 2 is 0.862 bits per heavy atom. The van der Waals surface area contributed by atoms with Crippen LogP contribution < -0.4 is 5.32 Å². The number of allylic oxidation sites excluding steroid dienone is 2. The average Bonchev–Trinajstić information content (AvgIpc) is 3.26. The highest BCUT2D eigenvalue weighted by molar-refractivity contribution is 7.47. The van der Waals surface area contributed by atoms with Crippen molar-refractivity contribution >= 4 is 13.7 Å². The summed E-state index contributed by atoms with van der Waals surface area (Å²) in [5, 5.41) is 14.0. The third kappa shape index (κ3) is 50.9. The molecule has 0 aliphatic heterocycles. The summed E-state index contributed by atoms with van der Waals surface area (Å²) in [6.45, 7) is 4.85. The van der Waals surface area contributed by atoms with Crippen LogP contribution in [0, 0.1) is 0 Å². The van der Waals surface area contributed by atoms with Crippen LogP contribution in [0.1, 0.15) is 290 Å². The van der Waals surface area contributed by atoms with Crippen molar-refractivity contribution in [2.24, 2.45) is 0 Å². The number of aliphatic hydroxyl groups is 1. The van der Waals surface area contributed by atoms with E-state index in [-0.39, 0.29) is 19.1 Å². The molecule has 388 valence electrons. The lowest BCUT2D eigenvalue weighted by atomic mass is 10.0. The Kier molecular flexibility index (Phi) is 47.7. The Labute approximate surface area is 405 Å². The molecule has 0 aromatic heterocycles. The molecule has 0 aromatic rings. The summed E-state index contributed by atoms with van der Waals surface area (Å²) >= 11 is 0. The molecule has 9 heteroatoms. The van der Waals surface area contributed by atoms with Crippen molar-refractivity contribution in [1.29, 1.82) is 0 Å². The van der Waals surface area contributed by atoms with Gasteiger partial charge in [-0.2, -0.15) is 0 Å².